The van der Waals surface area contributed by atoms with Gasteiger partial charge in [-0.2, -0.15) is 13.2 Å². The molecule has 5 rings (SSSR count). The van der Waals surface area contributed by atoms with E-state index in [-0.39, 0.29) is 30.0 Å². The normalized spacial score (nSPS) is 27.9. The minimum Gasteiger partial charge on any atom is -0.381 e. The van der Waals surface area contributed by atoms with Crippen LogP contribution in [0.2, 0.25) is 0 Å². The summed E-state index contributed by atoms with van der Waals surface area (Å²) in [4.78, 5) is 32.6. The third-order valence-corrected chi connectivity index (χ3v) is 9.39. The highest BCUT2D eigenvalue weighted by Crippen LogP contribution is 2.48. The summed E-state index contributed by atoms with van der Waals surface area (Å²) in [5.74, 6) is -0.510. The van der Waals surface area contributed by atoms with Gasteiger partial charge in [-0.05, 0) is 70.3 Å². The number of benzene rings is 1. The van der Waals surface area contributed by atoms with Crippen LogP contribution < -0.4 is 5.32 Å². The molecule has 1 aromatic carbocycles. The Morgan fingerprint density at radius 1 is 1.07 bits per heavy atom. The Morgan fingerprint density at radius 2 is 1.71 bits per heavy atom. The van der Waals surface area contributed by atoms with Gasteiger partial charge in [0, 0.05) is 51.0 Å². The van der Waals surface area contributed by atoms with Crippen LogP contribution in [0, 0.1) is 5.92 Å². The van der Waals surface area contributed by atoms with Crippen molar-refractivity contribution in [2.45, 2.75) is 101 Å². The quantitative estimate of drug-likeness (QED) is 0.404. The molecule has 2 unspecified atom stereocenters. The van der Waals surface area contributed by atoms with Crippen LogP contribution in [-0.4, -0.2) is 89.3 Å². The van der Waals surface area contributed by atoms with E-state index in [1.165, 1.54) is 0 Å². The number of nitrogens with one attached hydrogen (secondary N) is 1. The van der Waals surface area contributed by atoms with Crippen molar-refractivity contribution >= 4 is 24.3 Å². The molecule has 2 bridgehead atoms. The second-order valence-corrected chi connectivity index (χ2v) is 12.5. The number of urea groups is 1. The van der Waals surface area contributed by atoms with Gasteiger partial charge in [0.05, 0.1) is 11.6 Å². The second-order valence-electron chi connectivity index (χ2n) is 12.5. The molecule has 0 aromatic heterocycles. The van der Waals surface area contributed by atoms with Crippen molar-refractivity contribution in [1.29, 1.82) is 0 Å². The molecule has 3 atom stereocenters. The lowest BCUT2D eigenvalue weighted by Gasteiger charge is -2.49. The first-order chi connectivity index (χ1) is 19.0. The molecular weight excluding hydrogens is 557 g/mol. The number of hydrogen-bond acceptors (Lipinski definition) is 4. The molecule has 4 heterocycles. The number of rotatable bonds is 9. The van der Waals surface area contributed by atoms with E-state index in [4.69, 9.17) is 4.74 Å². The maximum absolute atomic E-state index is 13.7. The maximum Gasteiger partial charge on any atom is 0.397 e. The minimum atomic E-state index is -4.54. The molecule has 4 fully saturated rings. The van der Waals surface area contributed by atoms with E-state index in [2.05, 4.69) is 33.9 Å². The van der Waals surface area contributed by atoms with Crippen molar-refractivity contribution in [2.24, 2.45) is 5.92 Å². The second kappa shape index (κ2) is 13.1. The summed E-state index contributed by atoms with van der Waals surface area (Å²) < 4.78 is 44.1. The van der Waals surface area contributed by atoms with Crippen LogP contribution in [0.3, 0.4) is 0 Å². The molecule has 0 saturated carbocycles. The smallest absolute Gasteiger partial charge is 0.381 e. The Balaban J connectivity index is 0.00000387. The van der Waals surface area contributed by atoms with Crippen LogP contribution in [0.5, 0.6) is 0 Å². The van der Waals surface area contributed by atoms with Crippen LogP contribution >= 0.6 is 12.4 Å². The number of halogens is 4. The molecule has 0 radical (unpaired) electrons. The third-order valence-electron chi connectivity index (χ3n) is 9.39. The predicted molar refractivity (Wildman–Crippen MR) is 153 cm³/mol. The number of hydrogen-bond donors (Lipinski definition) is 1. The highest BCUT2D eigenvalue weighted by atomic mass is 35.5. The number of carbonyl (C=O) groups is 2. The fourth-order valence-electron chi connectivity index (χ4n) is 7.82. The van der Waals surface area contributed by atoms with Crippen molar-refractivity contribution in [3.8, 4) is 0 Å². The zero-order valence-corrected chi connectivity index (χ0v) is 24.9. The molecule has 11 heteroatoms. The Bertz CT molecular complexity index is 1020. The Hall–Kier alpha value is -2.04. The zero-order chi connectivity index (χ0) is 28.5. The van der Waals surface area contributed by atoms with Crippen molar-refractivity contribution in [2.75, 3.05) is 32.8 Å². The first-order valence-corrected chi connectivity index (χ1v) is 14.9. The molecule has 1 spiro atoms. The number of nitrogens with zero attached hydrogens (tertiary/aromatic N) is 3. The lowest BCUT2D eigenvalue weighted by molar-refractivity contribution is -0.154. The van der Waals surface area contributed by atoms with E-state index in [9.17, 15) is 22.8 Å². The molecule has 3 amide bonds. The number of ether oxygens (including phenoxy) is 1. The van der Waals surface area contributed by atoms with E-state index in [0.29, 0.717) is 31.0 Å². The SMILES string of the molecule is CC(C)N1C(=O)N(CC2CCOCC2)CC12CC1CCC(C2)N1CC[C@H](NC(=O)CC(F)(F)F)c1ccccc1.Cl. The van der Waals surface area contributed by atoms with Gasteiger partial charge < -0.3 is 19.9 Å². The Morgan fingerprint density at radius 3 is 2.29 bits per heavy atom. The molecule has 4 aliphatic heterocycles. The van der Waals surface area contributed by atoms with Crippen LogP contribution in [0.25, 0.3) is 0 Å². The monoisotopic (exact) mass is 600 g/mol. The van der Waals surface area contributed by atoms with Crippen LogP contribution in [0.15, 0.2) is 30.3 Å². The molecule has 0 aliphatic carbocycles. The van der Waals surface area contributed by atoms with Gasteiger partial charge >= 0.3 is 12.2 Å². The average molecular weight is 601 g/mol. The molecule has 4 aliphatic rings. The standard InChI is InChI=1S/C30H43F3N4O3.ClH/c1-21(2)37-28(39)35(19-22-11-14-40-15-12-22)20-29(37)16-24-8-9-25(17-29)36(24)13-10-26(23-6-4-3-5-7-23)34-27(38)18-30(31,32)33;/h3-7,21-22,24-26H,8-20H2,1-2H3,(H,34,38);1H/t24?,25?,26-,29?;/m0./s1. The van der Waals surface area contributed by atoms with Crippen molar-refractivity contribution in [3.05, 3.63) is 35.9 Å². The van der Waals surface area contributed by atoms with Crippen molar-refractivity contribution in [1.82, 2.24) is 20.0 Å². The molecule has 1 aromatic rings. The van der Waals surface area contributed by atoms with Gasteiger partial charge in [-0.3, -0.25) is 9.69 Å². The fourth-order valence-corrected chi connectivity index (χ4v) is 7.82. The summed E-state index contributed by atoms with van der Waals surface area (Å²) in [5.41, 5.74) is 0.633. The lowest BCUT2D eigenvalue weighted by Crippen LogP contribution is -2.60. The lowest BCUT2D eigenvalue weighted by atomic mass is 9.81. The van der Waals surface area contributed by atoms with E-state index < -0.39 is 24.5 Å². The van der Waals surface area contributed by atoms with Gasteiger partial charge in [0.1, 0.15) is 6.42 Å². The number of amides is 3. The van der Waals surface area contributed by atoms with Gasteiger partial charge in [0.2, 0.25) is 5.91 Å². The maximum atomic E-state index is 13.7. The molecular formula is C30H44ClF3N4O3. The zero-order valence-electron chi connectivity index (χ0n) is 24.1. The third kappa shape index (κ3) is 7.31. The van der Waals surface area contributed by atoms with Crippen molar-refractivity contribution < 1.29 is 27.5 Å². The van der Waals surface area contributed by atoms with E-state index in [1.807, 2.05) is 30.3 Å². The number of piperidine rings is 1. The van der Waals surface area contributed by atoms with Gasteiger partial charge in [0.25, 0.3) is 0 Å². The molecule has 1 N–H and O–H groups in total. The first-order valence-electron chi connectivity index (χ1n) is 14.9. The fraction of sp³-hybridized carbons (Fsp3) is 0.733. The number of fused-ring (bicyclic) bond motifs is 2. The summed E-state index contributed by atoms with van der Waals surface area (Å²) >= 11 is 0. The van der Waals surface area contributed by atoms with Gasteiger partial charge in [-0.15, -0.1) is 12.4 Å². The van der Waals surface area contributed by atoms with Crippen LogP contribution in [-0.2, 0) is 9.53 Å². The summed E-state index contributed by atoms with van der Waals surface area (Å²) in [6.07, 6.45) is 0.464. The average Bonchev–Trinajstić information content (AvgIpc) is 3.30. The molecule has 230 valence electrons. The van der Waals surface area contributed by atoms with Crippen molar-refractivity contribution in [3.63, 3.8) is 0 Å². The minimum absolute atomic E-state index is 0. The topological polar surface area (TPSA) is 65.1 Å². The molecule has 7 nitrogen and oxygen atoms in total. The summed E-state index contributed by atoms with van der Waals surface area (Å²) in [6, 6.07) is 9.68. The van der Waals surface area contributed by atoms with E-state index in [1.54, 1.807) is 0 Å². The largest absolute Gasteiger partial charge is 0.397 e. The predicted octanol–water partition coefficient (Wildman–Crippen LogP) is 5.55. The van der Waals surface area contributed by atoms with E-state index in [0.717, 1.165) is 70.4 Å². The number of alkyl halides is 3. The molecule has 4 saturated heterocycles. The van der Waals surface area contributed by atoms with Crippen LogP contribution in [0.4, 0.5) is 18.0 Å². The highest BCUT2D eigenvalue weighted by molar-refractivity contribution is 5.85. The molecule has 41 heavy (non-hydrogen) atoms. The summed E-state index contributed by atoms with van der Waals surface area (Å²) in [6.45, 7) is 8.01. The number of carbonyl (C=O) groups excluding carboxylic acids is 2. The Labute approximate surface area is 247 Å². The van der Waals surface area contributed by atoms with Gasteiger partial charge in [0.15, 0.2) is 0 Å². The van der Waals surface area contributed by atoms with Gasteiger partial charge in [-0.25, -0.2) is 4.79 Å². The summed E-state index contributed by atoms with van der Waals surface area (Å²) in [7, 11) is 0. The first kappa shape index (κ1) is 31.9. The van der Waals surface area contributed by atoms with E-state index >= 15 is 0 Å². The van der Waals surface area contributed by atoms with Gasteiger partial charge in [-0.1, -0.05) is 30.3 Å². The Kier molecular flexibility index (Phi) is 10.2. The highest BCUT2D eigenvalue weighted by Gasteiger charge is 2.57. The van der Waals surface area contributed by atoms with Crippen LogP contribution in [0.1, 0.15) is 76.8 Å². The summed E-state index contributed by atoms with van der Waals surface area (Å²) in [5, 5.41) is 2.65.